The van der Waals surface area contributed by atoms with Gasteiger partial charge in [-0.2, -0.15) is 0 Å². The van der Waals surface area contributed by atoms with Gasteiger partial charge in [-0.3, -0.25) is 0 Å². The Bertz CT molecular complexity index is 1600. The zero-order valence-electron chi connectivity index (χ0n) is 16.4. The maximum atomic E-state index is 14.6. The maximum absolute atomic E-state index is 14.6. The molecule has 28 heavy (non-hydrogen) atoms. The molecule has 0 spiro atoms. The van der Waals surface area contributed by atoms with Gasteiger partial charge in [0.15, 0.2) is 6.20 Å². The summed E-state index contributed by atoms with van der Waals surface area (Å²) in [5.41, 5.74) is 8.24. The van der Waals surface area contributed by atoms with Gasteiger partial charge in [0.05, 0.1) is 27.3 Å². The number of aromatic nitrogens is 2. The summed E-state index contributed by atoms with van der Waals surface area (Å²) < 4.78 is 19.1. The third-order valence-corrected chi connectivity index (χ3v) is 6.49. The average Bonchev–Trinajstić information content (AvgIpc) is 3.00. The van der Waals surface area contributed by atoms with Gasteiger partial charge in [0.25, 0.3) is 0 Å². The van der Waals surface area contributed by atoms with Gasteiger partial charge in [-0.1, -0.05) is 18.2 Å². The van der Waals surface area contributed by atoms with Crippen molar-refractivity contribution in [1.29, 1.82) is 0 Å². The van der Waals surface area contributed by atoms with E-state index in [1.54, 1.807) is 12.1 Å². The summed E-state index contributed by atoms with van der Waals surface area (Å²) in [6, 6.07) is 14.1. The fraction of sp³-hybridized carbons (Fsp3) is 0.160. The Morgan fingerprint density at radius 2 is 1.61 bits per heavy atom. The number of aryl methyl sites for hydroxylation is 4. The highest BCUT2D eigenvalue weighted by molar-refractivity contribution is 6.26. The molecule has 0 radical (unpaired) electrons. The standard InChI is InChI=1S/C25H20FN2/c1-13-6-8-19-22(15(13)3)18-7-5-14(2)21-24(18)28(19)20-12-17(26)11-16-9-10-27(4)25(21)23(16)20/h5-12H,1-4H3/q+1. The van der Waals surface area contributed by atoms with Crippen LogP contribution in [0.5, 0.6) is 0 Å². The van der Waals surface area contributed by atoms with Crippen LogP contribution in [0.15, 0.2) is 48.7 Å². The van der Waals surface area contributed by atoms with Crippen LogP contribution in [0.1, 0.15) is 16.7 Å². The summed E-state index contributed by atoms with van der Waals surface area (Å²) >= 11 is 0. The van der Waals surface area contributed by atoms with Crippen LogP contribution >= 0.6 is 0 Å². The highest BCUT2D eigenvalue weighted by Gasteiger charge is 2.24. The van der Waals surface area contributed by atoms with Gasteiger partial charge in [-0.05, 0) is 61.0 Å². The SMILES string of the molecule is Cc1ccc2c(c1C)c1ccc(C)c3c1n2c1cc(F)cc2cc[n+](C)c3c21. The van der Waals surface area contributed by atoms with Crippen LogP contribution < -0.4 is 4.57 Å². The lowest BCUT2D eigenvalue weighted by atomic mass is 9.98. The van der Waals surface area contributed by atoms with Gasteiger partial charge >= 0.3 is 0 Å². The van der Waals surface area contributed by atoms with E-state index in [1.165, 1.54) is 43.9 Å². The summed E-state index contributed by atoms with van der Waals surface area (Å²) in [5, 5.41) is 5.81. The molecular weight excluding hydrogens is 347 g/mol. The molecule has 0 atom stereocenters. The van der Waals surface area contributed by atoms with Crippen LogP contribution in [0.4, 0.5) is 4.39 Å². The van der Waals surface area contributed by atoms with Crippen LogP contribution in [-0.2, 0) is 7.05 Å². The van der Waals surface area contributed by atoms with E-state index in [4.69, 9.17) is 0 Å². The lowest BCUT2D eigenvalue weighted by Crippen LogP contribution is -2.28. The molecule has 0 saturated heterocycles. The molecule has 6 aromatic rings. The maximum Gasteiger partial charge on any atom is 0.224 e. The Morgan fingerprint density at radius 3 is 2.43 bits per heavy atom. The largest absolute Gasteiger partial charge is 0.307 e. The third-order valence-electron chi connectivity index (χ3n) is 6.49. The van der Waals surface area contributed by atoms with Gasteiger partial charge < -0.3 is 4.40 Å². The van der Waals surface area contributed by atoms with Gasteiger partial charge in [-0.15, -0.1) is 0 Å². The van der Waals surface area contributed by atoms with Crippen molar-refractivity contribution in [3.05, 3.63) is 71.2 Å². The minimum Gasteiger partial charge on any atom is -0.307 e. The van der Waals surface area contributed by atoms with Crippen molar-refractivity contribution in [2.24, 2.45) is 7.05 Å². The van der Waals surface area contributed by atoms with Crippen molar-refractivity contribution in [2.45, 2.75) is 20.8 Å². The fourth-order valence-corrected chi connectivity index (χ4v) is 5.05. The van der Waals surface area contributed by atoms with Crippen molar-refractivity contribution in [2.75, 3.05) is 0 Å². The second-order valence-corrected chi connectivity index (χ2v) is 8.06. The number of pyridine rings is 2. The summed E-state index contributed by atoms with van der Waals surface area (Å²) in [5.74, 6) is -0.197. The lowest BCUT2D eigenvalue weighted by Gasteiger charge is -2.12. The molecule has 3 heterocycles. The first-order chi connectivity index (χ1) is 13.5. The van der Waals surface area contributed by atoms with E-state index in [9.17, 15) is 4.39 Å². The topological polar surface area (TPSA) is 8.29 Å². The number of rotatable bonds is 0. The predicted molar refractivity (Wildman–Crippen MR) is 114 cm³/mol. The summed E-state index contributed by atoms with van der Waals surface area (Å²) in [4.78, 5) is 0. The van der Waals surface area contributed by atoms with E-state index in [0.29, 0.717) is 0 Å². The normalized spacial score (nSPS) is 12.5. The summed E-state index contributed by atoms with van der Waals surface area (Å²) in [6.07, 6.45) is 2.03. The highest BCUT2D eigenvalue weighted by atomic mass is 19.1. The van der Waals surface area contributed by atoms with Gasteiger partial charge in [0, 0.05) is 16.8 Å². The van der Waals surface area contributed by atoms with Crippen molar-refractivity contribution in [1.82, 2.24) is 4.40 Å². The number of benzene rings is 3. The Labute approximate surface area is 161 Å². The van der Waals surface area contributed by atoms with Gasteiger partial charge in [-0.25, -0.2) is 8.96 Å². The molecule has 3 aromatic carbocycles. The minimum atomic E-state index is -0.197. The molecule has 0 bridgehead atoms. The fourth-order valence-electron chi connectivity index (χ4n) is 5.05. The second kappa shape index (κ2) is 4.99. The van der Waals surface area contributed by atoms with E-state index >= 15 is 0 Å². The van der Waals surface area contributed by atoms with Gasteiger partial charge in [0.1, 0.15) is 12.9 Å². The van der Waals surface area contributed by atoms with Crippen LogP contribution in [0.2, 0.25) is 0 Å². The molecule has 2 nitrogen and oxygen atoms in total. The van der Waals surface area contributed by atoms with Crippen molar-refractivity contribution in [3.63, 3.8) is 0 Å². The van der Waals surface area contributed by atoms with Crippen molar-refractivity contribution >= 4 is 49.0 Å². The Kier molecular flexibility index (Phi) is 2.82. The quantitative estimate of drug-likeness (QED) is 0.180. The van der Waals surface area contributed by atoms with Crippen molar-refractivity contribution in [3.8, 4) is 0 Å². The lowest BCUT2D eigenvalue weighted by molar-refractivity contribution is -0.643. The van der Waals surface area contributed by atoms with E-state index < -0.39 is 0 Å². The molecule has 0 amide bonds. The first kappa shape index (κ1) is 15.8. The van der Waals surface area contributed by atoms with Crippen LogP contribution in [-0.4, -0.2) is 4.40 Å². The van der Waals surface area contributed by atoms with E-state index in [2.05, 4.69) is 61.1 Å². The van der Waals surface area contributed by atoms with E-state index in [-0.39, 0.29) is 5.82 Å². The molecule has 0 unspecified atom stereocenters. The monoisotopic (exact) mass is 367 g/mol. The zero-order valence-corrected chi connectivity index (χ0v) is 16.4. The molecule has 0 N–H and O–H groups in total. The zero-order chi connectivity index (χ0) is 19.3. The smallest absolute Gasteiger partial charge is 0.224 e. The number of halogens is 1. The van der Waals surface area contributed by atoms with Crippen LogP contribution in [0.25, 0.3) is 49.0 Å². The molecule has 0 aliphatic carbocycles. The summed E-state index contributed by atoms with van der Waals surface area (Å²) in [6.45, 7) is 6.51. The van der Waals surface area contributed by atoms with E-state index in [1.807, 2.05) is 12.3 Å². The van der Waals surface area contributed by atoms with E-state index in [0.717, 1.165) is 21.8 Å². The number of fused-ring (bicyclic) bond motifs is 5. The molecule has 0 saturated carbocycles. The molecule has 0 aliphatic rings. The Balaban J connectivity index is 2.15. The first-order valence-electron chi connectivity index (χ1n) is 9.64. The van der Waals surface area contributed by atoms with Gasteiger partial charge in [0.2, 0.25) is 5.52 Å². The number of nitrogens with zero attached hydrogens (tertiary/aromatic N) is 2. The molecule has 0 aliphatic heterocycles. The molecule has 3 aromatic heterocycles. The third kappa shape index (κ3) is 1.70. The molecule has 136 valence electrons. The Hall–Kier alpha value is -3.20. The Morgan fingerprint density at radius 1 is 0.821 bits per heavy atom. The molecule has 6 rings (SSSR count). The predicted octanol–water partition coefficient (Wildman–Crippen LogP) is 5.88. The number of hydrogen-bond donors (Lipinski definition) is 0. The minimum absolute atomic E-state index is 0.197. The number of hydrogen-bond acceptors (Lipinski definition) is 0. The van der Waals surface area contributed by atoms with Crippen LogP contribution in [0.3, 0.4) is 0 Å². The molecular formula is C25H20FN2+. The molecule has 3 heteroatoms. The molecule has 0 fully saturated rings. The first-order valence-corrected chi connectivity index (χ1v) is 9.64. The van der Waals surface area contributed by atoms with Crippen LogP contribution in [0, 0.1) is 26.6 Å². The average molecular weight is 367 g/mol. The summed E-state index contributed by atoms with van der Waals surface area (Å²) in [7, 11) is 2.08. The van der Waals surface area contributed by atoms with Crippen molar-refractivity contribution < 1.29 is 8.96 Å². The second-order valence-electron chi connectivity index (χ2n) is 8.06. The highest BCUT2D eigenvalue weighted by Crippen LogP contribution is 2.41.